The fourth-order valence-corrected chi connectivity index (χ4v) is 2.59. The van der Waals surface area contributed by atoms with Gasteiger partial charge in [-0.05, 0) is 48.0 Å². The topological polar surface area (TPSA) is 70.2 Å². The molecule has 0 fully saturated rings. The van der Waals surface area contributed by atoms with Crippen LogP contribution in [-0.4, -0.2) is 11.8 Å². The van der Waals surface area contributed by atoms with Crippen molar-refractivity contribution in [2.75, 3.05) is 10.6 Å². The molecule has 0 saturated carbocycles. The van der Waals surface area contributed by atoms with E-state index in [1.165, 1.54) is 6.92 Å². The van der Waals surface area contributed by atoms with Crippen molar-refractivity contribution >= 4 is 35.0 Å². The number of benzene rings is 3. The molecule has 0 aliphatic heterocycles. The molecule has 0 bridgehead atoms. The first-order valence-electron chi connectivity index (χ1n) is 8.88. The lowest BCUT2D eigenvalue weighted by atomic mass is 10.2. The summed E-state index contributed by atoms with van der Waals surface area (Å²) in [6, 6.07) is 26.5. The Hall–Kier alpha value is -3.86. The van der Waals surface area contributed by atoms with Gasteiger partial charge in [0.25, 0.3) is 5.91 Å². The molecule has 2 amide bonds. The van der Waals surface area contributed by atoms with Gasteiger partial charge in [0, 0.05) is 24.0 Å². The van der Waals surface area contributed by atoms with Crippen LogP contribution in [-0.2, 0) is 9.59 Å². The minimum Gasteiger partial charge on any atom is -0.356 e. The van der Waals surface area contributed by atoms with E-state index in [-0.39, 0.29) is 17.5 Å². The predicted octanol–water partition coefficient (Wildman–Crippen LogP) is 4.55. The molecule has 0 spiro atoms. The van der Waals surface area contributed by atoms with Crippen LogP contribution >= 0.6 is 0 Å². The quantitative estimate of drug-likeness (QED) is 0.557. The van der Waals surface area contributed by atoms with E-state index < -0.39 is 0 Å². The van der Waals surface area contributed by atoms with Gasteiger partial charge in [-0.3, -0.25) is 9.59 Å². The largest absolute Gasteiger partial charge is 0.356 e. The Balaban J connectivity index is 1.70. The molecule has 0 aromatic heterocycles. The van der Waals surface area contributed by atoms with Crippen LogP contribution in [0.4, 0.5) is 17.1 Å². The summed E-state index contributed by atoms with van der Waals surface area (Å²) in [6.07, 6.45) is 1.64. The van der Waals surface area contributed by atoms with E-state index in [0.717, 1.165) is 16.9 Å². The van der Waals surface area contributed by atoms with Crippen LogP contribution in [0, 0.1) is 0 Å². The molecule has 5 nitrogen and oxygen atoms in total. The lowest BCUT2D eigenvalue weighted by molar-refractivity contribution is -0.120. The normalized spacial score (nSPS) is 10.8. The van der Waals surface area contributed by atoms with Gasteiger partial charge in [0.05, 0.1) is 0 Å². The van der Waals surface area contributed by atoms with Crippen molar-refractivity contribution in [2.24, 2.45) is 0 Å². The summed E-state index contributed by atoms with van der Waals surface area (Å²) in [5.41, 5.74) is 3.53. The van der Waals surface area contributed by atoms with E-state index in [2.05, 4.69) is 16.0 Å². The molecule has 0 aliphatic carbocycles. The molecule has 3 aromatic rings. The van der Waals surface area contributed by atoms with Gasteiger partial charge < -0.3 is 16.0 Å². The molecule has 5 heteroatoms. The molecule has 0 unspecified atom stereocenters. The SMILES string of the molecule is CC(=O)N/C(=C/c1ccccc1)C(=O)Nc1ccc(Nc2ccccc2)cc1. The Kier molecular flexibility index (Phi) is 6.21. The Bertz CT molecular complexity index is 966. The molecule has 0 saturated heterocycles. The first kappa shape index (κ1) is 18.9. The second kappa shape index (κ2) is 9.19. The summed E-state index contributed by atoms with van der Waals surface area (Å²) in [4.78, 5) is 24.1. The standard InChI is InChI=1S/C23H21N3O2/c1-17(27)24-22(16-18-8-4-2-5-9-18)23(28)26-21-14-12-20(13-15-21)25-19-10-6-3-7-11-19/h2-16,25H,1H3,(H,24,27)(H,26,28)/b22-16+. The maximum absolute atomic E-state index is 12.6. The third-order valence-electron chi connectivity index (χ3n) is 3.87. The summed E-state index contributed by atoms with van der Waals surface area (Å²) in [7, 11) is 0. The highest BCUT2D eigenvalue weighted by Crippen LogP contribution is 2.19. The Morgan fingerprint density at radius 2 is 1.25 bits per heavy atom. The lowest BCUT2D eigenvalue weighted by Gasteiger charge is -2.11. The summed E-state index contributed by atoms with van der Waals surface area (Å²) in [6.45, 7) is 1.37. The van der Waals surface area contributed by atoms with Crippen LogP contribution < -0.4 is 16.0 Å². The molecule has 3 aromatic carbocycles. The van der Waals surface area contributed by atoms with Gasteiger partial charge in [-0.15, -0.1) is 0 Å². The number of carbonyl (C=O) groups is 2. The van der Waals surface area contributed by atoms with Crippen LogP contribution in [0.15, 0.2) is 90.6 Å². The molecule has 0 radical (unpaired) electrons. The molecule has 3 N–H and O–H groups in total. The smallest absolute Gasteiger partial charge is 0.272 e. The highest BCUT2D eigenvalue weighted by Gasteiger charge is 2.11. The van der Waals surface area contributed by atoms with Gasteiger partial charge in [0.2, 0.25) is 5.91 Å². The Morgan fingerprint density at radius 1 is 0.714 bits per heavy atom. The van der Waals surface area contributed by atoms with Crippen LogP contribution in [0.5, 0.6) is 0 Å². The molecule has 0 aliphatic rings. The average Bonchev–Trinajstić information content (AvgIpc) is 2.70. The van der Waals surface area contributed by atoms with E-state index in [1.807, 2.05) is 72.8 Å². The summed E-state index contributed by atoms with van der Waals surface area (Å²) in [5, 5.41) is 8.68. The fraction of sp³-hybridized carbons (Fsp3) is 0.0435. The third kappa shape index (κ3) is 5.57. The number of anilines is 3. The number of nitrogens with one attached hydrogen (secondary N) is 3. The average molecular weight is 371 g/mol. The van der Waals surface area contributed by atoms with Gasteiger partial charge in [-0.25, -0.2) is 0 Å². The van der Waals surface area contributed by atoms with Crippen molar-refractivity contribution in [1.82, 2.24) is 5.32 Å². The fourth-order valence-electron chi connectivity index (χ4n) is 2.59. The minimum atomic E-state index is -0.386. The Labute approximate surface area is 164 Å². The van der Waals surface area contributed by atoms with Gasteiger partial charge in [0.1, 0.15) is 5.70 Å². The maximum atomic E-state index is 12.6. The van der Waals surface area contributed by atoms with Crippen LogP contribution in [0.3, 0.4) is 0 Å². The molecule has 3 rings (SSSR count). The molecule has 0 heterocycles. The molecule has 28 heavy (non-hydrogen) atoms. The van der Waals surface area contributed by atoms with E-state index in [0.29, 0.717) is 5.69 Å². The van der Waals surface area contributed by atoms with Crippen molar-refractivity contribution in [2.45, 2.75) is 6.92 Å². The number of hydrogen-bond donors (Lipinski definition) is 3. The monoisotopic (exact) mass is 371 g/mol. The zero-order chi connectivity index (χ0) is 19.8. The maximum Gasteiger partial charge on any atom is 0.272 e. The van der Waals surface area contributed by atoms with Crippen LogP contribution in [0.2, 0.25) is 0 Å². The second-order valence-corrected chi connectivity index (χ2v) is 6.17. The van der Waals surface area contributed by atoms with E-state index >= 15 is 0 Å². The van der Waals surface area contributed by atoms with Gasteiger partial charge in [0.15, 0.2) is 0 Å². The number of amides is 2. The number of para-hydroxylation sites is 1. The lowest BCUT2D eigenvalue weighted by Crippen LogP contribution is -2.28. The highest BCUT2D eigenvalue weighted by atomic mass is 16.2. The van der Waals surface area contributed by atoms with Crippen LogP contribution in [0.1, 0.15) is 12.5 Å². The Morgan fingerprint density at radius 3 is 1.86 bits per heavy atom. The van der Waals surface area contributed by atoms with E-state index in [1.54, 1.807) is 18.2 Å². The molecular weight excluding hydrogens is 350 g/mol. The summed E-state index contributed by atoms with van der Waals surface area (Å²) in [5.74, 6) is -0.692. The van der Waals surface area contributed by atoms with Crippen molar-refractivity contribution in [3.05, 3.63) is 96.2 Å². The first-order valence-corrected chi connectivity index (χ1v) is 8.88. The minimum absolute atomic E-state index is 0.185. The summed E-state index contributed by atoms with van der Waals surface area (Å²) < 4.78 is 0. The zero-order valence-electron chi connectivity index (χ0n) is 15.5. The van der Waals surface area contributed by atoms with Gasteiger partial charge in [-0.2, -0.15) is 0 Å². The van der Waals surface area contributed by atoms with Gasteiger partial charge in [-0.1, -0.05) is 48.5 Å². The van der Waals surface area contributed by atoms with Crippen molar-refractivity contribution in [3.8, 4) is 0 Å². The van der Waals surface area contributed by atoms with Crippen molar-refractivity contribution < 1.29 is 9.59 Å². The zero-order valence-corrected chi connectivity index (χ0v) is 15.5. The number of hydrogen-bond acceptors (Lipinski definition) is 3. The summed E-state index contributed by atoms with van der Waals surface area (Å²) >= 11 is 0. The third-order valence-corrected chi connectivity index (χ3v) is 3.87. The molecule has 0 atom stereocenters. The molecule has 140 valence electrons. The first-order chi connectivity index (χ1) is 13.6. The second-order valence-electron chi connectivity index (χ2n) is 6.17. The van der Waals surface area contributed by atoms with Crippen molar-refractivity contribution in [3.63, 3.8) is 0 Å². The molecular formula is C23H21N3O2. The number of rotatable bonds is 6. The van der Waals surface area contributed by atoms with E-state index in [4.69, 9.17) is 0 Å². The predicted molar refractivity (Wildman–Crippen MR) is 113 cm³/mol. The van der Waals surface area contributed by atoms with Crippen molar-refractivity contribution in [1.29, 1.82) is 0 Å². The number of carbonyl (C=O) groups excluding carboxylic acids is 2. The highest BCUT2D eigenvalue weighted by molar-refractivity contribution is 6.08. The van der Waals surface area contributed by atoms with E-state index in [9.17, 15) is 9.59 Å². The van der Waals surface area contributed by atoms with Crippen LogP contribution in [0.25, 0.3) is 6.08 Å². The van der Waals surface area contributed by atoms with Gasteiger partial charge >= 0.3 is 0 Å².